The fourth-order valence-corrected chi connectivity index (χ4v) is 4.74. The average Bonchev–Trinajstić information content (AvgIpc) is 3.24. The molecule has 1 fully saturated rings. The second kappa shape index (κ2) is 9.47. The predicted molar refractivity (Wildman–Crippen MR) is 133 cm³/mol. The van der Waals surface area contributed by atoms with Crippen molar-refractivity contribution in [2.45, 2.75) is 37.3 Å². The number of anilines is 1. The van der Waals surface area contributed by atoms with Gasteiger partial charge in [0.1, 0.15) is 16.9 Å². The SMILES string of the molecule is N[C@H](CNc1nc(-c2ccncc2F)nc2c(C#CC3(O)CCC3)csc12)Cc1ccccc1. The van der Waals surface area contributed by atoms with Gasteiger partial charge >= 0.3 is 0 Å². The molecule has 1 aromatic carbocycles. The van der Waals surface area contributed by atoms with Gasteiger partial charge in [0.2, 0.25) is 0 Å². The minimum absolute atomic E-state index is 0.138. The van der Waals surface area contributed by atoms with Crippen molar-refractivity contribution in [2.24, 2.45) is 5.73 Å². The Kier molecular flexibility index (Phi) is 6.24. The Morgan fingerprint density at radius 1 is 1.21 bits per heavy atom. The van der Waals surface area contributed by atoms with Crippen LogP contribution in [0, 0.1) is 17.7 Å². The third-order valence-corrected chi connectivity index (χ3v) is 6.89. The summed E-state index contributed by atoms with van der Waals surface area (Å²) in [7, 11) is 0. The van der Waals surface area contributed by atoms with E-state index in [1.165, 1.54) is 17.5 Å². The van der Waals surface area contributed by atoms with E-state index in [0.717, 1.165) is 22.9 Å². The number of nitrogens with two attached hydrogens (primary N) is 1. The van der Waals surface area contributed by atoms with Gasteiger partial charge in [0.05, 0.1) is 22.0 Å². The average molecular weight is 474 g/mol. The van der Waals surface area contributed by atoms with Crippen LogP contribution in [0.2, 0.25) is 0 Å². The summed E-state index contributed by atoms with van der Waals surface area (Å²) in [5, 5.41) is 15.6. The molecule has 0 amide bonds. The van der Waals surface area contributed by atoms with E-state index in [1.54, 1.807) is 6.07 Å². The number of hydrogen-bond donors (Lipinski definition) is 3. The Morgan fingerprint density at radius 3 is 2.76 bits per heavy atom. The third kappa shape index (κ3) is 4.77. The highest BCUT2D eigenvalue weighted by Crippen LogP contribution is 2.34. The molecular formula is C26H24FN5OS. The molecule has 0 aliphatic heterocycles. The van der Waals surface area contributed by atoms with Gasteiger partial charge in [0.15, 0.2) is 11.6 Å². The second-order valence-corrected chi connectivity index (χ2v) is 9.42. The zero-order valence-electron chi connectivity index (χ0n) is 18.5. The number of aliphatic hydroxyl groups is 1. The van der Waals surface area contributed by atoms with Gasteiger partial charge in [0.25, 0.3) is 0 Å². The molecular weight excluding hydrogens is 449 g/mol. The van der Waals surface area contributed by atoms with Crippen molar-refractivity contribution >= 4 is 27.4 Å². The van der Waals surface area contributed by atoms with Crippen LogP contribution in [0.1, 0.15) is 30.4 Å². The van der Waals surface area contributed by atoms with Gasteiger partial charge in [-0.15, -0.1) is 11.3 Å². The molecule has 5 rings (SSSR count). The first-order chi connectivity index (χ1) is 16.5. The molecule has 172 valence electrons. The van der Waals surface area contributed by atoms with Gasteiger partial charge < -0.3 is 16.2 Å². The summed E-state index contributed by atoms with van der Waals surface area (Å²) in [5.41, 5.74) is 8.18. The van der Waals surface area contributed by atoms with E-state index in [2.05, 4.69) is 32.1 Å². The Morgan fingerprint density at radius 2 is 2.03 bits per heavy atom. The summed E-state index contributed by atoms with van der Waals surface area (Å²) >= 11 is 1.46. The number of nitrogens with zero attached hydrogens (tertiary/aromatic N) is 3. The van der Waals surface area contributed by atoms with Crippen molar-refractivity contribution in [1.82, 2.24) is 15.0 Å². The topological polar surface area (TPSA) is 97.0 Å². The number of hydrogen-bond acceptors (Lipinski definition) is 7. The molecule has 4 N–H and O–H groups in total. The molecule has 3 aromatic heterocycles. The minimum Gasteiger partial charge on any atom is -0.378 e. The van der Waals surface area contributed by atoms with Crippen LogP contribution in [0.3, 0.4) is 0 Å². The first-order valence-electron chi connectivity index (χ1n) is 11.2. The molecule has 0 radical (unpaired) electrons. The van der Waals surface area contributed by atoms with E-state index in [-0.39, 0.29) is 17.4 Å². The van der Waals surface area contributed by atoms with Gasteiger partial charge in [0, 0.05) is 24.2 Å². The molecule has 0 saturated heterocycles. The van der Waals surface area contributed by atoms with E-state index in [0.29, 0.717) is 42.7 Å². The molecule has 1 aliphatic rings. The van der Waals surface area contributed by atoms with E-state index >= 15 is 0 Å². The Bertz CT molecular complexity index is 1370. The highest BCUT2D eigenvalue weighted by molar-refractivity contribution is 7.18. The normalized spacial score (nSPS) is 15.3. The highest BCUT2D eigenvalue weighted by Gasteiger charge is 2.32. The number of aromatic nitrogens is 3. The molecule has 1 aliphatic carbocycles. The van der Waals surface area contributed by atoms with E-state index in [9.17, 15) is 9.50 Å². The molecule has 1 saturated carbocycles. The third-order valence-electron chi connectivity index (χ3n) is 5.91. The lowest BCUT2D eigenvalue weighted by Crippen LogP contribution is -2.34. The molecule has 0 unspecified atom stereocenters. The van der Waals surface area contributed by atoms with Gasteiger partial charge in [-0.05, 0) is 37.3 Å². The van der Waals surface area contributed by atoms with Crippen LogP contribution in [-0.2, 0) is 6.42 Å². The van der Waals surface area contributed by atoms with Crippen molar-refractivity contribution in [2.75, 3.05) is 11.9 Å². The van der Waals surface area contributed by atoms with E-state index in [1.807, 2.05) is 35.7 Å². The van der Waals surface area contributed by atoms with Crippen molar-refractivity contribution in [3.05, 3.63) is 71.1 Å². The van der Waals surface area contributed by atoms with Gasteiger partial charge in [-0.1, -0.05) is 42.2 Å². The highest BCUT2D eigenvalue weighted by atomic mass is 32.1. The van der Waals surface area contributed by atoms with Crippen LogP contribution in [0.5, 0.6) is 0 Å². The molecule has 34 heavy (non-hydrogen) atoms. The molecule has 0 bridgehead atoms. The number of nitrogens with one attached hydrogen (secondary N) is 1. The summed E-state index contributed by atoms with van der Waals surface area (Å²) in [6.45, 7) is 0.484. The fraction of sp³-hybridized carbons (Fsp3) is 0.269. The maximum atomic E-state index is 14.5. The first-order valence-corrected chi connectivity index (χ1v) is 12.1. The molecule has 1 atom stereocenters. The maximum absolute atomic E-state index is 14.5. The van der Waals surface area contributed by atoms with Crippen LogP contribution >= 0.6 is 11.3 Å². The number of pyridine rings is 1. The number of rotatable bonds is 6. The summed E-state index contributed by atoms with van der Waals surface area (Å²) in [6, 6.07) is 11.5. The van der Waals surface area contributed by atoms with Crippen molar-refractivity contribution in [3.63, 3.8) is 0 Å². The molecule has 6 nitrogen and oxygen atoms in total. The smallest absolute Gasteiger partial charge is 0.165 e. The monoisotopic (exact) mass is 473 g/mol. The summed E-state index contributed by atoms with van der Waals surface area (Å²) < 4.78 is 15.3. The van der Waals surface area contributed by atoms with Crippen LogP contribution in [-0.4, -0.2) is 38.2 Å². The molecule has 3 heterocycles. The van der Waals surface area contributed by atoms with E-state index in [4.69, 9.17) is 5.73 Å². The lowest BCUT2D eigenvalue weighted by molar-refractivity contribution is 0.0240. The lowest BCUT2D eigenvalue weighted by Gasteiger charge is -2.30. The minimum atomic E-state index is -0.924. The molecule has 0 spiro atoms. The van der Waals surface area contributed by atoms with Crippen molar-refractivity contribution < 1.29 is 9.50 Å². The number of thiophene rings is 1. The summed E-state index contributed by atoms with van der Waals surface area (Å²) in [4.78, 5) is 13.1. The van der Waals surface area contributed by atoms with E-state index < -0.39 is 11.4 Å². The van der Waals surface area contributed by atoms with Crippen LogP contribution in [0.15, 0.2) is 54.2 Å². The number of fused-ring (bicyclic) bond motifs is 1. The van der Waals surface area contributed by atoms with Crippen LogP contribution < -0.4 is 11.1 Å². The van der Waals surface area contributed by atoms with Crippen molar-refractivity contribution in [3.8, 4) is 23.2 Å². The Balaban J connectivity index is 1.48. The fourth-order valence-electron chi connectivity index (χ4n) is 3.84. The predicted octanol–water partition coefficient (Wildman–Crippen LogP) is 4.14. The number of benzene rings is 1. The largest absolute Gasteiger partial charge is 0.378 e. The molecule has 8 heteroatoms. The van der Waals surface area contributed by atoms with Gasteiger partial charge in [-0.25, -0.2) is 14.4 Å². The van der Waals surface area contributed by atoms with Crippen LogP contribution in [0.25, 0.3) is 21.6 Å². The quantitative estimate of drug-likeness (QED) is 0.364. The summed E-state index contributed by atoms with van der Waals surface area (Å²) in [5.74, 6) is 6.40. The summed E-state index contributed by atoms with van der Waals surface area (Å²) in [6.07, 6.45) is 5.70. The maximum Gasteiger partial charge on any atom is 0.165 e. The second-order valence-electron chi connectivity index (χ2n) is 8.54. The zero-order chi connectivity index (χ0) is 23.5. The van der Waals surface area contributed by atoms with Gasteiger partial charge in [-0.2, -0.15) is 0 Å². The van der Waals surface area contributed by atoms with Crippen molar-refractivity contribution in [1.29, 1.82) is 0 Å². The van der Waals surface area contributed by atoms with Gasteiger partial charge in [-0.3, -0.25) is 4.98 Å². The van der Waals surface area contributed by atoms with Crippen LogP contribution in [0.4, 0.5) is 10.2 Å². The first kappa shape index (κ1) is 22.4. The molecule has 4 aromatic rings. The number of halogens is 1. The Hall–Kier alpha value is -3.38. The lowest BCUT2D eigenvalue weighted by atomic mass is 9.81. The zero-order valence-corrected chi connectivity index (χ0v) is 19.3. The Labute approximate surface area is 201 Å². The standard InChI is InChI=1S/C26H24FN5OS/c27-21-15-29-12-8-20(21)24-31-22-18(7-11-26(33)9-4-10-26)16-34-23(22)25(32-24)30-14-19(28)13-17-5-2-1-3-6-17/h1-3,5-6,8,12,15-16,19,33H,4,9-10,13-14,28H2,(H,30,31,32)/t19-/m0/s1.